The number of hydrogen-bond donors (Lipinski definition) is 1. The number of aromatic amines is 1. The van der Waals surface area contributed by atoms with E-state index in [1.807, 2.05) is 24.0 Å². The summed E-state index contributed by atoms with van der Waals surface area (Å²) in [7, 11) is 0. The highest BCUT2D eigenvalue weighted by Gasteiger charge is 2.46. The van der Waals surface area contributed by atoms with Crippen molar-refractivity contribution >= 4 is 27.8 Å². The van der Waals surface area contributed by atoms with Crippen molar-refractivity contribution in [1.29, 1.82) is 0 Å². The van der Waals surface area contributed by atoms with Crippen LogP contribution in [-0.2, 0) is 0 Å². The molecule has 1 saturated heterocycles. The first kappa shape index (κ1) is 15.0. The zero-order chi connectivity index (χ0) is 16.8. The van der Waals surface area contributed by atoms with Crippen LogP contribution in [0.3, 0.4) is 0 Å². The summed E-state index contributed by atoms with van der Waals surface area (Å²) in [4.78, 5) is 15.7. The molecule has 0 saturated carbocycles. The molecule has 25 heavy (non-hydrogen) atoms. The van der Waals surface area contributed by atoms with Crippen LogP contribution >= 0.6 is 11.8 Å². The van der Waals surface area contributed by atoms with E-state index in [9.17, 15) is 0 Å². The number of nitrogens with one attached hydrogen (secondary N) is 1. The highest BCUT2D eigenvalue weighted by atomic mass is 32.2. The van der Waals surface area contributed by atoms with E-state index in [0.29, 0.717) is 6.04 Å². The molecular weight excluding hydrogens is 328 g/mol. The average molecular weight is 348 g/mol. The first-order valence-electron chi connectivity index (χ1n) is 8.82. The number of amidine groups is 1. The van der Waals surface area contributed by atoms with Crippen molar-refractivity contribution in [2.45, 2.75) is 31.5 Å². The standard InChI is InChI=1S/C20H20N4S/c1-2-13-12-25-20-23-18(17-9-5-6-10-21-17)19(24(13)20)15-11-22-16-8-4-3-7-14(15)16/h3-11,13,18-19,22H,2,12H2,1H3/t13-,18-,19-/m1/s1. The molecule has 4 nitrogen and oxygen atoms in total. The Hall–Kier alpha value is -2.27. The van der Waals surface area contributed by atoms with Crippen LogP contribution in [0.15, 0.2) is 59.9 Å². The Morgan fingerprint density at radius 2 is 2.08 bits per heavy atom. The molecule has 1 N–H and O–H groups in total. The number of fused-ring (bicyclic) bond motifs is 2. The molecule has 2 aromatic heterocycles. The predicted octanol–water partition coefficient (Wildman–Crippen LogP) is 4.54. The van der Waals surface area contributed by atoms with Gasteiger partial charge in [0.1, 0.15) is 6.04 Å². The molecule has 3 atom stereocenters. The highest BCUT2D eigenvalue weighted by Crippen LogP contribution is 2.49. The fourth-order valence-corrected chi connectivity index (χ4v) is 5.36. The largest absolute Gasteiger partial charge is 0.361 e. The van der Waals surface area contributed by atoms with Crippen molar-refractivity contribution in [3.8, 4) is 0 Å². The number of H-pyrrole nitrogens is 1. The van der Waals surface area contributed by atoms with Gasteiger partial charge in [0.15, 0.2) is 5.17 Å². The van der Waals surface area contributed by atoms with Gasteiger partial charge in [-0.15, -0.1) is 0 Å². The van der Waals surface area contributed by atoms with Crippen LogP contribution in [-0.4, -0.2) is 31.8 Å². The number of benzene rings is 1. The van der Waals surface area contributed by atoms with Crippen molar-refractivity contribution in [3.05, 3.63) is 66.1 Å². The Kier molecular flexibility index (Phi) is 3.55. The maximum atomic E-state index is 5.09. The van der Waals surface area contributed by atoms with Gasteiger partial charge < -0.3 is 9.88 Å². The third-order valence-electron chi connectivity index (χ3n) is 5.27. The Bertz CT molecular complexity index is 933. The predicted molar refractivity (Wildman–Crippen MR) is 104 cm³/mol. The quantitative estimate of drug-likeness (QED) is 0.755. The number of rotatable bonds is 3. The van der Waals surface area contributed by atoms with Gasteiger partial charge in [-0.1, -0.05) is 43.0 Å². The van der Waals surface area contributed by atoms with E-state index in [1.54, 1.807) is 0 Å². The Morgan fingerprint density at radius 3 is 2.92 bits per heavy atom. The molecule has 0 amide bonds. The topological polar surface area (TPSA) is 44.3 Å². The summed E-state index contributed by atoms with van der Waals surface area (Å²) in [6.45, 7) is 2.27. The molecule has 0 radical (unpaired) electrons. The summed E-state index contributed by atoms with van der Waals surface area (Å²) >= 11 is 1.89. The minimum absolute atomic E-state index is 0.0530. The maximum absolute atomic E-state index is 5.09. The molecule has 0 aliphatic carbocycles. The van der Waals surface area contributed by atoms with Gasteiger partial charge >= 0.3 is 0 Å². The number of para-hydroxylation sites is 1. The number of aromatic nitrogens is 2. The Balaban J connectivity index is 1.67. The van der Waals surface area contributed by atoms with Gasteiger partial charge in [0.2, 0.25) is 0 Å². The lowest BCUT2D eigenvalue weighted by molar-refractivity contribution is 0.256. The molecule has 126 valence electrons. The molecule has 2 aliphatic rings. The van der Waals surface area contributed by atoms with E-state index < -0.39 is 0 Å². The van der Waals surface area contributed by atoms with Gasteiger partial charge in [-0.25, -0.2) is 0 Å². The molecular formula is C20H20N4S. The van der Waals surface area contributed by atoms with E-state index in [4.69, 9.17) is 4.99 Å². The summed E-state index contributed by atoms with van der Waals surface area (Å²) in [6, 6.07) is 15.5. The highest BCUT2D eigenvalue weighted by molar-refractivity contribution is 8.14. The molecule has 2 aliphatic heterocycles. The van der Waals surface area contributed by atoms with E-state index in [1.165, 1.54) is 21.6 Å². The number of nitrogens with zero attached hydrogens (tertiary/aromatic N) is 3. The van der Waals surface area contributed by atoms with Crippen molar-refractivity contribution in [2.75, 3.05) is 5.75 Å². The monoisotopic (exact) mass is 348 g/mol. The van der Waals surface area contributed by atoms with Gasteiger partial charge in [-0.05, 0) is 24.6 Å². The molecule has 5 rings (SSSR count). The number of thioether (sulfide) groups is 1. The number of pyridine rings is 1. The lowest BCUT2D eigenvalue weighted by atomic mass is 9.95. The minimum Gasteiger partial charge on any atom is -0.361 e. The van der Waals surface area contributed by atoms with Gasteiger partial charge in [-0.3, -0.25) is 9.98 Å². The molecule has 0 spiro atoms. The molecule has 0 unspecified atom stereocenters. The maximum Gasteiger partial charge on any atom is 0.160 e. The third-order valence-corrected chi connectivity index (χ3v) is 6.40. The molecule has 0 bridgehead atoms. The van der Waals surface area contributed by atoms with E-state index in [0.717, 1.165) is 17.9 Å². The second-order valence-corrected chi connectivity index (χ2v) is 7.61. The van der Waals surface area contributed by atoms with Crippen LogP contribution in [0.1, 0.15) is 36.7 Å². The van der Waals surface area contributed by atoms with Crippen molar-refractivity contribution in [2.24, 2.45) is 4.99 Å². The molecule has 1 fully saturated rings. The zero-order valence-corrected chi connectivity index (χ0v) is 14.9. The summed E-state index contributed by atoms with van der Waals surface area (Å²) < 4.78 is 0. The average Bonchev–Trinajstić information content (AvgIpc) is 3.35. The fourth-order valence-electron chi connectivity index (χ4n) is 4.03. The normalized spacial score (nSPS) is 25.4. The molecule has 3 aromatic rings. The molecule has 1 aromatic carbocycles. The lowest BCUT2D eigenvalue weighted by Gasteiger charge is -2.31. The van der Waals surface area contributed by atoms with Crippen molar-refractivity contribution in [3.63, 3.8) is 0 Å². The van der Waals surface area contributed by atoms with Crippen LogP contribution in [0.25, 0.3) is 10.9 Å². The molecule has 4 heterocycles. The smallest absolute Gasteiger partial charge is 0.160 e. The van der Waals surface area contributed by atoms with Crippen LogP contribution in [0.2, 0.25) is 0 Å². The minimum atomic E-state index is 0.0530. The van der Waals surface area contributed by atoms with Crippen molar-refractivity contribution in [1.82, 2.24) is 14.9 Å². The number of aliphatic imine (C=N–C) groups is 1. The van der Waals surface area contributed by atoms with E-state index >= 15 is 0 Å². The van der Waals surface area contributed by atoms with Crippen LogP contribution in [0.4, 0.5) is 0 Å². The van der Waals surface area contributed by atoms with Crippen molar-refractivity contribution < 1.29 is 0 Å². The van der Waals surface area contributed by atoms with Gasteiger partial charge in [0.25, 0.3) is 0 Å². The van der Waals surface area contributed by atoms with E-state index in [-0.39, 0.29) is 12.1 Å². The van der Waals surface area contributed by atoms with Gasteiger partial charge in [0, 0.05) is 40.7 Å². The summed E-state index contributed by atoms with van der Waals surface area (Å²) in [6.07, 6.45) is 5.18. The Labute approximate surface area is 151 Å². The first-order chi connectivity index (χ1) is 12.4. The fraction of sp³-hybridized carbons (Fsp3) is 0.300. The summed E-state index contributed by atoms with van der Waals surface area (Å²) in [5.41, 5.74) is 3.56. The summed E-state index contributed by atoms with van der Waals surface area (Å²) in [5.74, 6) is 1.13. The first-order valence-corrected chi connectivity index (χ1v) is 9.81. The lowest BCUT2D eigenvalue weighted by Crippen LogP contribution is -2.35. The second kappa shape index (κ2) is 5.92. The van der Waals surface area contributed by atoms with Gasteiger partial charge in [0.05, 0.1) is 11.7 Å². The van der Waals surface area contributed by atoms with Crippen LogP contribution in [0, 0.1) is 0 Å². The third kappa shape index (κ3) is 2.29. The summed E-state index contributed by atoms with van der Waals surface area (Å²) in [5, 5.41) is 2.47. The number of hydrogen-bond acceptors (Lipinski definition) is 4. The van der Waals surface area contributed by atoms with Crippen LogP contribution < -0.4 is 0 Å². The Morgan fingerprint density at radius 1 is 1.20 bits per heavy atom. The second-order valence-electron chi connectivity index (χ2n) is 6.63. The van der Waals surface area contributed by atoms with E-state index in [2.05, 4.69) is 64.4 Å². The zero-order valence-electron chi connectivity index (χ0n) is 14.1. The molecule has 5 heteroatoms. The van der Waals surface area contributed by atoms with Crippen LogP contribution in [0.5, 0.6) is 0 Å². The van der Waals surface area contributed by atoms with Gasteiger partial charge in [-0.2, -0.15) is 0 Å². The SMILES string of the molecule is CC[C@@H]1CSC2=N[C@H](c3ccccn3)[C@@H](c3c[nH]c4ccccc34)N21.